The molecule has 3 aromatic rings. The highest BCUT2D eigenvalue weighted by atomic mass is 16.3. The molecule has 0 saturated heterocycles. The van der Waals surface area contributed by atoms with E-state index in [2.05, 4.69) is 15.5 Å². The summed E-state index contributed by atoms with van der Waals surface area (Å²) in [7, 11) is 3.88. The van der Waals surface area contributed by atoms with Crippen molar-refractivity contribution in [3.63, 3.8) is 0 Å². The molecule has 2 aromatic carbocycles. The van der Waals surface area contributed by atoms with Gasteiger partial charge in [-0.15, -0.1) is 0 Å². The number of anilines is 1. The van der Waals surface area contributed by atoms with Crippen LogP contribution in [0.25, 0.3) is 10.9 Å². The van der Waals surface area contributed by atoms with Crippen LogP contribution in [-0.4, -0.2) is 36.3 Å². The Morgan fingerprint density at radius 2 is 1.92 bits per heavy atom. The van der Waals surface area contributed by atoms with Crippen LogP contribution in [0.4, 0.5) is 5.69 Å². The number of hydrogen-bond acceptors (Lipinski definition) is 5. The zero-order valence-electron chi connectivity index (χ0n) is 14.0. The number of phenols is 1. The zero-order valence-corrected chi connectivity index (χ0v) is 14.0. The fraction of sp³-hybridized carbons (Fsp3) is 0.105. The Morgan fingerprint density at radius 1 is 1.16 bits per heavy atom. The third kappa shape index (κ3) is 3.58. The lowest BCUT2D eigenvalue weighted by Gasteiger charge is -2.12. The van der Waals surface area contributed by atoms with Crippen molar-refractivity contribution in [1.29, 1.82) is 0 Å². The van der Waals surface area contributed by atoms with E-state index in [0.717, 1.165) is 16.6 Å². The van der Waals surface area contributed by atoms with Gasteiger partial charge in [0.2, 0.25) is 0 Å². The topological polar surface area (TPSA) is 77.8 Å². The maximum absolute atomic E-state index is 12.1. The van der Waals surface area contributed by atoms with E-state index in [1.807, 2.05) is 37.2 Å². The van der Waals surface area contributed by atoms with Crippen LogP contribution in [0.1, 0.15) is 15.9 Å². The number of amides is 1. The van der Waals surface area contributed by atoms with Crippen LogP contribution in [0.2, 0.25) is 0 Å². The molecule has 126 valence electrons. The highest BCUT2D eigenvalue weighted by molar-refractivity contribution is 6.01. The number of aromatic hydroxyl groups is 1. The predicted octanol–water partition coefficient (Wildman–Crippen LogP) is 2.77. The van der Waals surface area contributed by atoms with Crippen molar-refractivity contribution in [3.05, 3.63) is 65.9 Å². The van der Waals surface area contributed by atoms with Crippen LogP contribution in [0.5, 0.6) is 5.75 Å². The lowest BCUT2D eigenvalue weighted by Crippen LogP contribution is -2.18. The summed E-state index contributed by atoms with van der Waals surface area (Å²) < 4.78 is 0. The fourth-order valence-electron chi connectivity index (χ4n) is 2.43. The molecule has 1 heterocycles. The Labute approximate surface area is 145 Å². The highest BCUT2D eigenvalue weighted by Gasteiger charge is 2.06. The monoisotopic (exact) mass is 334 g/mol. The van der Waals surface area contributed by atoms with Gasteiger partial charge in [0.05, 0.1) is 6.21 Å². The van der Waals surface area contributed by atoms with Crippen LogP contribution in [-0.2, 0) is 0 Å². The van der Waals surface area contributed by atoms with Crippen molar-refractivity contribution in [1.82, 2.24) is 10.4 Å². The lowest BCUT2D eigenvalue weighted by atomic mass is 10.1. The van der Waals surface area contributed by atoms with Gasteiger partial charge in [0.25, 0.3) is 5.91 Å². The molecule has 0 radical (unpaired) electrons. The number of phenolic OH excluding ortho intramolecular Hbond substituents is 1. The number of carbonyl (C=O) groups excluding carboxylic acids is 1. The number of nitrogens with one attached hydrogen (secondary N) is 1. The zero-order chi connectivity index (χ0) is 17.8. The van der Waals surface area contributed by atoms with E-state index in [0.29, 0.717) is 11.1 Å². The molecule has 0 saturated carbocycles. The van der Waals surface area contributed by atoms with Crippen molar-refractivity contribution in [2.24, 2.45) is 5.10 Å². The largest absolute Gasteiger partial charge is 0.506 e. The molecule has 1 amide bonds. The molecule has 0 aliphatic heterocycles. The van der Waals surface area contributed by atoms with Crippen LogP contribution < -0.4 is 10.3 Å². The number of benzene rings is 2. The predicted molar refractivity (Wildman–Crippen MR) is 99.2 cm³/mol. The van der Waals surface area contributed by atoms with Crippen molar-refractivity contribution in [3.8, 4) is 5.75 Å². The Hall–Kier alpha value is -3.41. The molecule has 0 unspecified atom stereocenters. The molecule has 0 aliphatic carbocycles. The third-order valence-corrected chi connectivity index (χ3v) is 3.80. The van der Waals surface area contributed by atoms with Gasteiger partial charge >= 0.3 is 0 Å². The summed E-state index contributed by atoms with van der Waals surface area (Å²) in [5.74, 6) is -0.180. The summed E-state index contributed by atoms with van der Waals surface area (Å²) in [5.41, 5.74) is 5.31. The first kappa shape index (κ1) is 16.4. The van der Waals surface area contributed by atoms with E-state index in [1.165, 1.54) is 6.21 Å². The van der Waals surface area contributed by atoms with Gasteiger partial charge in [-0.05, 0) is 42.5 Å². The minimum absolute atomic E-state index is 0.109. The Kier molecular flexibility index (Phi) is 4.61. The molecular weight excluding hydrogens is 316 g/mol. The van der Waals surface area contributed by atoms with E-state index < -0.39 is 0 Å². The first-order chi connectivity index (χ1) is 12.1. The maximum Gasteiger partial charge on any atom is 0.271 e. The number of nitrogens with zero attached hydrogens (tertiary/aromatic N) is 3. The lowest BCUT2D eigenvalue weighted by molar-refractivity contribution is 0.0955. The normalized spacial score (nSPS) is 11.0. The van der Waals surface area contributed by atoms with Crippen LogP contribution in [0.15, 0.2) is 59.8 Å². The quantitative estimate of drug-likeness (QED) is 0.568. The number of hydrogen-bond donors (Lipinski definition) is 2. The van der Waals surface area contributed by atoms with Gasteiger partial charge in [-0.1, -0.05) is 6.07 Å². The Bertz CT molecular complexity index is 934. The number of fused-ring (bicyclic) bond motifs is 1. The molecule has 0 aliphatic rings. The van der Waals surface area contributed by atoms with E-state index in [4.69, 9.17) is 0 Å². The molecule has 6 heteroatoms. The van der Waals surface area contributed by atoms with Crippen LogP contribution >= 0.6 is 0 Å². The molecule has 25 heavy (non-hydrogen) atoms. The van der Waals surface area contributed by atoms with Gasteiger partial charge in [0.15, 0.2) is 0 Å². The van der Waals surface area contributed by atoms with Crippen molar-refractivity contribution in [2.75, 3.05) is 19.0 Å². The van der Waals surface area contributed by atoms with Crippen LogP contribution in [0, 0.1) is 0 Å². The average molecular weight is 334 g/mol. The molecule has 1 aromatic heterocycles. The Balaban J connectivity index is 1.75. The number of hydrazone groups is 1. The summed E-state index contributed by atoms with van der Waals surface area (Å²) in [4.78, 5) is 18.3. The third-order valence-electron chi connectivity index (χ3n) is 3.80. The van der Waals surface area contributed by atoms with Crippen molar-refractivity contribution < 1.29 is 9.90 Å². The Morgan fingerprint density at radius 3 is 2.64 bits per heavy atom. The maximum atomic E-state index is 12.1. The standard InChI is InChI=1S/C19H18N4O2/c1-23(2)15-8-5-13(6-9-15)19(25)22-21-12-14-7-10-17(24)18-16(14)4-3-11-20-18/h3-12,24H,1-2H3,(H,22,25). The second-order valence-electron chi connectivity index (χ2n) is 5.71. The molecule has 0 atom stereocenters. The smallest absolute Gasteiger partial charge is 0.271 e. The summed E-state index contributed by atoms with van der Waals surface area (Å²) in [6.45, 7) is 0. The first-order valence-electron chi connectivity index (χ1n) is 7.74. The summed E-state index contributed by atoms with van der Waals surface area (Å²) >= 11 is 0. The van der Waals surface area contributed by atoms with E-state index in [-0.39, 0.29) is 11.7 Å². The second kappa shape index (κ2) is 7.00. The molecule has 0 bridgehead atoms. The number of aromatic nitrogens is 1. The van der Waals surface area contributed by atoms with Gasteiger partial charge in [0.1, 0.15) is 11.3 Å². The molecule has 3 rings (SSSR count). The number of pyridine rings is 1. The SMILES string of the molecule is CN(C)c1ccc(C(=O)NN=Cc2ccc(O)c3ncccc23)cc1. The number of rotatable bonds is 4. The average Bonchev–Trinajstić information content (AvgIpc) is 2.64. The van der Waals surface area contributed by atoms with Gasteiger partial charge in [-0.3, -0.25) is 9.78 Å². The van der Waals surface area contributed by atoms with E-state index in [9.17, 15) is 9.90 Å². The fourth-order valence-corrected chi connectivity index (χ4v) is 2.43. The summed E-state index contributed by atoms with van der Waals surface area (Å²) in [6, 6.07) is 14.1. The molecular formula is C19H18N4O2. The van der Waals surface area contributed by atoms with Crippen LogP contribution in [0.3, 0.4) is 0 Å². The van der Waals surface area contributed by atoms with Crippen molar-refractivity contribution >= 4 is 28.7 Å². The number of carbonyl (C=O) groups is 1. The molecule has 6 nitrogen and oxygen atoms in total. The minimum atomic E-state index is -0.289. The minimum Gasteiger partial charge on any atom is -0.506 e. The second-order valence-corrected chi connectivity index (χ2v) is 5.71. The highest BCUT2D eigenvalue weighted by Crippen LogP contribution is 2.24. The molecule has 2 N–H and O–H groups in total. The summed E-state index contributed by atoms with van der Waals surface area (Å²) in [6.07, 6.45) is 3.15. The molecule has 0 fully saturated rings. The molecule has 0 spiro atoms. The van der Waals surface area contributed by atoms with Gasteiger partial charge in [0, 0.05) is 42.5 Å². The summed E-state index contributed by atoms with van der Waals surface area (Å²) in [5, 5.41) is 14.6. The van der Waals surface area contributed by atoms with Gasteiger partial charge in [-0.25, -0.2) is 5.43 Å². The van der Waals surface area contributed by atoms with E-state index >= 15 is 0 Å². The van der Waals surface area contributed by atoms with Gasteiger partial charge in [-0.2, -0.15) is 5.10 Å². The first-order valence-corrected chi connectivity index (χ1v) is 7.74. The van der Waals surface area contributed by atoms with Gasteiger partial charge < -0.3 is 10.0 Å². The van der Waals surface area contributed by atoms with Crippen molar-refractivity contribution in [2.45, 2.75) is 0 Å². The van der Waals surface area contributed by atoms with E-state index in [1.54, 1.807) is 36.5 Å².